The van der Waals surface area contributed by atoms with Gasteiger partial charge in [-0.05, 0) is 25.0 Å². The third-order valence-corrected chi connectivity index (χ3v) is 5.61. The molecule has 2 heterocycles. The summed E-state index contributed by atoms with van der Waals surface area (Å²) in [6, 6.07) is 17.3. The average molecular weight is 472 g/mol. The maximum atomic E-state index is 12.5. The Morgan fingerprint density at radius 1 is 1.03 bits per heavy atom. The smallest absolute Gasteiger partial charge is 0.327 e. The van der Waals surface area contributed by atoms with Gasteiger partial charge in [0.15, 0.2) is 18.1 Å². The van der Waals surface area contributed by atoms with Crippen molar-refractivity contribution in [3.63, 3.8) is 0 Å². The molecule has 2 saturated heterocycles. The molecule has 2 aromatic rings. The van der Waals surface area contributed by atoms with Crippen molar-refractivity contribution >= 4 is 11.9 Å². The van der Waals surface area contributed by atoms with Crippen LogP contribution in [-0.4, -0.2) is 58.5 Å². The summed E-state index contributed by atoms with van der Waals surface area (Å²) < 4.78 is 24.1. The highest BCUT2D eigenvalue weighted by Gasteiger charge is 2.59. The molecule has 182 valence electrons. The predicted molar refractivity (Wildman–Crippen MR) is 119 cm³/mol. The van der Waals surface area contributed by atoms with E-state index >= 15 is 0 Å². The number of aliphatic carboxylic acids is 1. The van der Waals surface area contributed by atoms with Gasteiger partial charge in [0, 0.05) is 6.92 Å². The summed E-state index contributed by atoms with van der Waals surface area (Å²) in [5, 5.41) is 11.3. The van der Waals surface area contributed by atoms with Gasteiger partial charge in [0.2, 0.25) is 0 Å². The molecule has 5 atom stereocenters. The van der Waals surface area contributed by atoms with E-state index in [0.717, 1.165) is 16.2 Å². The first-order valence-electron chi connectivity index (χ1n) is 11.1. The van der Waals surface area contributed by atoms with Gasteiger partial charge in [-0.3, -0.25) is 9.59 Å². The first-order valence-corrected chi connectivity index (χ1v) is 11.1. The van der Waals surface area contributed by atoms with Gasteiger partial charge in [-0.15, -0.1) is 5.06 Å². The zero-order chi connectivity index (χ0) is 24.3. The molecule has 0 bridgehead atoms. The van der Waals surface area contributed by atoms with Crippen LogP contribution in [0, 0.1) is 0 Å². The molecule has 1 N–H and O–H groups in total. The van der Waals surface area contributed by atoms with Crippen molar-refractivity contribution < 1.29 is 38.5 Å². The zero-order valence-electron chi connectivity index (χ0n) is 19.3. The molecule has 2 fully saturated rings. The van der Waals surface area contributed by atoms with Gasteiger partial charge in [0.1, 0.15) is 18.3 Å². The van der Waals surface area contributed by atoms with E-state index in [1.807, 2.05) is 60.7 Å². The molecular weight excluding hydrogens is 442 g/mol. The highest BCUT2D eigenvalue weighted by Crippen LogP contribution is 2.41. The molecule has 9 nitrogen and oxygen atoms in total. The van der Waals surface area contributed by atoms with Crippen LogP contribution < -0.4 is 0 Å². The Balaban J connectivity index is 1.62. The SMILES string of the molecule is CC(=O)ON(Cc1ccccc1)[C@@H](C(=O)O)[C@H]1O[C@@H]2OC(C)(C)O[C@@H]2[C@H]1OCc1ccccc1. The molecule has 0 amide bonds. The quantitative estimate of drug-likeness (QED) is 0.553. The van der Waals surface area contributed by atoms with Gasteiger partial charge in [0.25, 0.3) is 0 Å². The summed E-state index contributed by atoms with van der Waals surface area (Å²) in [6.07, 6.45) is -3.29. The van der Waals surface area contributed by atoms with Crippen molar-refractivity contribution in [2.75, 3.05) is 0 Å². The van der Waals surface area contributed by atoms with E-state index < -0.39 is 48.4 Å². The van der Waals surface area contributed by atoms with E-state index in [4.69, 9.17) is 23.8 Å². The largest absolute Gasteiger partial charge is 0.480 e. The van der Waals surface area contributed by atoms with Crippen LogP contribution in [0.5, 0.6) is 0 Å². The number of hydroxylamine groups is 2. The topological polar surface area (TPSA) is 104 Å². The van der Waals surface area contributed by atoms with Crippen molar-refractivity contribution in [1.29, 1.82) is 0 Å². The van der Waals surface area contributed by atoms with E-state index in [1.54, 1.807) is 13.8 Å². The van der Waals surface area contributed by atoms with Crippen LogP contribution in [0.3, 0.4) is 0 Å². The molecule has 34 heavy (non-hydrogen) atoms. The molecule has 2 aliphatic rings. The highest BCUT2D eigenvalue weighted by molar-refractivity contribution is 5.75. The summed E-state index contributed by atoms with van der Waals surface area (Å²) in [6.45, 7) is 5.00. The summed E-state index contributed by atoms with van der Waals surface area (Å²) in [4.78, 5) is 29.8. The number of fused-ring (bicyclic) bond motifs is 1. The number of benzene rings is 2. The molecule has 9 heteroatoms. The van der Waals surface area contributed by atoms with Crippen molar-refractivity contribution in [3.8, 4) is 0 Å². The number of hydrogen-bond donors (Lipinski definition) is 1. The number of hydrogen-bond acceptors (Lipinski definition) is 8. The Hall–Kier alpha value is -2.82. The average Bonchev–Trinajstić information content (AvgIpc) is 3.24. The number of ether oxygens (including phenoxy) is 4. The Morgan fingerprint density at radius 2 is 1.65 bits per heavy atom. The van der Waals surface area contributed by atoms with Crippen LogP contribution in [0.1, 0.15) is 31.9 Å². The summed E-state index contributed by atoms with van der Waals surface area (Å²) in [5.41, 5.74) is 1.68. The molecular formula is C25H29NO8. The molecule has 0 aromatic heterocycles. The number of carbonyl (C=O) groups is 2. The number of carboxylic acids is 1. The summed E-state index contributed by atoms with van der Waals surface area (Å²) in [7, 11) is 0. The Morgan fingerprint density at radius 3 is 2.24 bits per heavy atom. The lowest BCUT2D eigenvalue weighted by Crippen LogP contribution is -2.54. The highest BCUT2D eigenvalue weighted by atomic mass is 16.8. The predicted octanol–water partition coefficient (Wildman–Crippen LogP) is 2.88. The molecule has 0 saturated carbocycles. The first kappa shape index (κ1) is 24.3. The standard InChI is InChI=1S/C25H29NO8/c1-16(27)34-26(14-17-10-6-4-7-11-17)19(23(28)29)20-21(30-15-18-12-8-5-9-13-18)22-24(31-20)33-25(2,3)32-22/h4-13,19-22,24H,14-15H2,1-3H3,(H,28,29)/t19-,20-,21+,22-,24-/m1/s1. The van der Waals surface area contributed by atoms with Crippen LogP contribution in [0.25, 0.3) is 0 Å². The molecule has 0 aliphatic carbocycles. The van der Waals surface area contributed by atoms with Crippen LogP contribution in [0.4, 0.5) is 0 Å². The van der Waals surface area contributed by atoms with E-state index in [2.05, 4.69) is 0 Å². The lowest BCUT2D eigenvalue weighted by atomic mass is 10.0. The minimum absolute atomic E-state index is 0.0468. The monoisotopic (exact) mass is 471 g/mol. The van der Waals surface area contributed by atoms with Crippen molar-refractivity contribution in [3.05, 3.63) is 71.8 Å². The molecule has 2 aromatic carbocycles. The fraction of sp³-hybridized carbons (Fsp3) is 0.440. The van der Waals surface area contributed by atoms with Crippen LogP contribution in [0.15, 0.2) is 60.7 Å². The Kier molecular flexibility index (Phi) is 7.30. The fourth-order valence-electron chi connectivity index (χ4n) is 4.26. The molecule has 0 radical (unpaired) electrons. The van der Waals surface area contributed by atoms with Crippen LogP contribution in [0.2, 0.25) is 0 Å². The van der Waals surface area contributed by atoms with Gasteiger partial charge in [0.05, 0.1) is 13.2 Å². The third kappa shape index (κ3) is 5.63. The van der Waals surface area contributed by atoms with E-state index in [1.165, 1.54) is 6.92 Å². The van der Waals surface area contributed by atoms with Gasteiger partial charge in [-0.2, -0.15) is 0 Å². The zero-order valence-corrected chi connectivity index (χ0v) is 19.3. The normalized spacial score (nSPS) is 26.2. The molecule has 0 unspecified atom stereocenters. The van der Waals surface area contributed by atoms with Crippen molar-refractivity contribution in [1.82, 2.24) is 5.06 Å². The van der Waals surface area contributed by atoms with Crippen molar-refractivity contribution in [2.45, 2.75) is 70.4 Å². The summed E-state index contributed by atoms with van der Waals surface area (Å²) in [5.74, 6) is -2.78. The maximum Gasteiger partial charge on any atom is 0.327 e. The number of carboxylic acid groups (broad SMARTS) is 1. The third-order valence-electron chi connectivity index (χ3n) is 5.61. The van der Waals surface area contributed by atoms with Crippen LogP contribution >= 0.6 is 0 Å². The van der Waals surface area contributed by atoms with Gasteiger partial charge < -0.3 is 28.9 Å². The lowest BCUT2D eigenvalue weighted by molar-refractivity contribution is -0.252. The number of carbonyl (C=O) groups excluding carboxylic acids is 1. The van der Waals surface area contributed by atoms with Crippen LogP contribution in [-0.2, 0) is 46.5 Å². The first-order chi connectivity index (χ1) is 16.2. The second-order valence-corrected chi connectivity index (χ2v) is 8.76. The fourth-order valence-corrected chi connectivity index (χ4v) is 4.26. The Bertz CT molecular complexity index is 983. The van der Waals surface area contributed by atoms with E-state index in [0.29, 0.717) is 0 Å². The number of nitrogens with zero attached hydrogens (tertiary/aromatic N) is 1. The lowest BCUT2D eigenvalue weighted by Gasteiger charge is -2.34. The molecule has 2 aliphatic heterocycles. The van der Waals surface area contributed by atoms with E-state index in [-0.39, 0.29) is 13.2 Å². The molecule has 4 rings (SSSR count). The maximum absolute atomic E-state index is 12.5. The second-order valence-electron chi connectivity index (χ2n) is 8.76. The van der Waals surface area contributed by atoms with Gasteiger partial charge in [-0.25, -0.2) is 0 Å². The second kappa shape index (κ2) is 10.2. The van der Waals surface area contributed by atoms with Crippen molar-refractivity contribution in [2.24, 2.45) is 0 Å². The minimum atomic E-state index is -1.37. The Labute approximate surface area is 198 Å². The number of rotatable bonds is 9. The minimum Gasteiger partial charge on any atom is -0.480 e. The van der Waals surface area contributed by atoms with E-state index in [9.17, 15) is 14.7 Å². The van der Waals surface area contributed by atoms with Gasteiger partial charge in [-0.1, -0.05) is 60.7 Å². The summed E-state index contributed by atoms with van der Waals surface area (Å²) >= 11 is 0. The van der Waals surface area contributed by atoms with Gasteiger partial charge >= 0.3 is 11.9 Å². The molecule has 0 spiro atoms.